The molecule has 1 fully saturated rings. The number of hydrogen-bond acceptors (Lipinski definition) is 3. The molecule has 4 atom stereocenters. The van der Waals surface area contributed by atoms with Gasteiger partial charge in [0.25, 0.3) is 0 Å². The predicted molar refractivity (Wildman–Crippen MR) is 38.9 cm³/mol. The minimum Gasteiger partial charge on any atom is -0.390 e. The molecular formula is C7H14FNO2. The maximum atomic E-state index is 12.7. The minimum absolute atomic E-state index is 0.352. The average molecular weight is 163 g/mol. The Morgan fingerprint density at radius 1 is 1.45 bits per heavy atom. The highest BCUT2D eigenvalue weighted by Gasteiger charge is 2.33. The number of hydrogen-bond donors (Lipinski definition) is 3. The zero-order valence-electron chi connectivity index (χ0n) is 6.50. The number of aliphatic hydroxyl groups is 2. The summed E-state index contributed by atoms with van der Waals surface area (Å²) in [6, 6.07) is 0. The maximum Gasteiger partial charge on any atom is 0.104 e. The summed E-state index contributed by atoms with van der Waals surface area (Å²) in [5, 5.41) is 21.2. The smallest absolute Gasteiger partial charge is 0.104 e. The van der Waals surface area contributed by atoms with Crippen molar-refractivity contribution in [1.82, 2.24) is 5.32 Å². The summed E-state index contributed by atoms with van der Waals surface area (Å²) in [7, 11) is 0. The molecule has 0 saturated carbocycles. The molecule has 4 heteroatoms. The van der Waals surface area contributed by atoms with Crippen LogP contribution in [-0.4, -0.2) is 41.7 Å². The zero-order chi connectivity index (χ0) is 8.43. The highest BCUT2D eigenvalue weighted by molar-refractivity contribution is 4.86. The molecule has 0 unspecified atom stereocenters. The van der Waals surface area contributed by atoms with Crippen LogP contribution in [0, 0.1) is 5.92 Å². The van der Waals surface area contributed by atoms with Crippen LogP contribution in [-0.2, 0) is 0 Å². The van der Waals surface area contributed by atoms with Crippen LogP contribution in [0.1, 0.15) is 6.92 Å². The van der Waals surface area contributed by atoms with E-state index in [4.69, 9.17) is 5.11 Å². The Labute approximate surface area is 65.2 Å². The molecule has 0 aliphatic carbocycles. The predicted octanol–water partition coefficient (Wildman–Crippen LogP) is -0.714. The van der Waals surface area contributed by atoms with Crippen molar-refractivity contribution in [2.45, 2.75) is 25.3 Å². The van der Waals surface area contributed by atoms with Crippen LogP contribution in [0.25, 0.3) is 0 Å². The zero-order valence-corrected chi connectivity index (χ0v) is 6.50. The van der Waals surface area contributed by atoms with Gasteiger partial charge < -0.3 is 15.5 Å². The lowest BCUT2D eigenvalue weighted by Gasteiger charge is -2.33. The third kappa shape index (κ3) is 1.89. The summed E-state index contributed by atoms with van der Waals surface area (Å²) in [5.41, 5.74) is 0. The molecule has 0 amide bonds. The van der Waals surface area contributed by atoms with Crippen molar-refractivity contribution in [3.63, 3.8) is 0 Å². The fraction of sp³-hybridized carbons (Fsp3) is 1.00. The van der Waals surface area contributed by atoms with Crippen molar-refractivity contribution >= 4 is 0 Å². The van der Waals surface area contributed by atoms with Crippen molar-refractivity contribution in [1.29, 1.82) is 0 Å². The molecule has 1 rings (SSSR count). The molecule has 11 heavy (non-hydrogen) atoms. The largest absolute Gasteiger partial charge is 0.390 e. The van der Waals surface area contributed by atoms with Crippen LogP contribution in [0.15, 0.2) is 0 Å². The average Bonchev–Trinajstić information content (AvgIpc) is 1.94. The number of halogens is 1. The van der Waals surface area contributed by atoms with E-state index in [0.29, 0.717) is 13.1 Å². The van der Waals surface area contributed by atoms with E-state index in [1.54, 1.807) is 0 Å². The van der Waals surface area contributed by atoms with Gasteiger partial charge in [0.15, 0.2) is 0 Å². The topological polar surface area (TPSA) is 52.5 Å². The van der Waals surface area contributed by atoms with E-state index in [0.717, 1.165) is 0 Å². The third-order valence-electron chi connectivity index (χ3n) is 2.16. The Balaban J connectivity index is 2.51. The molecule has 0 bridgehead atoms. The summed E-state index contributed by atoms with van der Waals surface area (Å²) < 4.78 is 12.7. The Hall–Kier alpha value is -0.190. The lowest BCUT2D eigenvalue weighted by atomic mass is 9.91. The quantitative estimate of drug-likeness (QED) is 0.478. The number of nitrogens with one attached hydrogen (secondary N) is 1. The lowest BCUT2D eigenvalue weighted by molar-refractivity contribution is -0.0543. The molecule has 0 aromatic carbocycles. The van der Waals surface area contributed by atoms with Crippen molar-refractivity contribution < 1.29 is 14.6 Å². The van der Waals surface area contributed by atoms with Gasteiger partial charge in [0, 0.05) is 19.0 Å². The monoisotopic (exact) mass is 163 g/mol. The van der Waals surface area contributed by atoms with E-state index < -0.39 is 24.3 Å². The minimum atomic E-state index is -1.08. The third-order valence-corrected chi connectivity index (χ3v) is 2.16. The molecule has 0 aromatic heterocycles. The van der Waals surface area contributed by atoms with Gasteiger partial charge in [-0.05, 0) is 6.92 Å². The van der Waals surface area contributed by atoms with Crippen LogP contribution < -0.4 is 5.32 Å². The van der Waals surface area contributed by atoms with Crippen LogP contribution in [0.2, 0.25) is 0 Å². The first-order valence-electron chi connectivity index (χ1n) is 3.84. The molecule has 3 N–H and O–H groups in total. The van der Waals surface area contributed by atoms with Gasteiger partial charge in [-0.15, -0.1) is 0 Å². The summed E-state index contributed by atoms with van der Waals surface area (Å²) in [6.07, 6.45) is -2.82. The molecule has 1 heterocycles. The molecule has 1 aliphatic heterocycles. The Bertz CT molecular complexity index is 132. The number of alkyl halides is 1. The van der Waals surface area contributed by atoms with Gasteiger partial charge in [-0.25, -0.2) is 4.39 Å². The molecule has 3 nitrogen and oxygen atoms in total. The normalized spacial score (nSPS) is 42.0. The standard InChI is InChI=1S/C7H14FNO2/c1-4(8)5-2-9-3-6(10)7(5)11/h4-7,9-11H,2-3H2,1H3/t4-,5+,6+,7+/m0/s1. The second kappa shape index (κ2) is 3.47. The van der Waals surface area contributed by atoms with Crippen molar-refractivity contribution in [2.75, 3.05) is 13.1 Å². The number of rotatable bonds is 1. The molecule has 0 aromatic rings. The number of piperidine rings is 1. The van der Waals surface area contributed by atoms with Gasteiger partial charge in [-0.1, -0.05) is 0 Å². The molecule has 0 spiro atoms. The van der Waals surface area contributed by atoms with Crippen LogP contribution in [0.3, 0.4) is 0 Å². The fourth-order valence-corrected chi connectivity index (χ4v) is 1.36. The second-order valence-electron chi connectivity index (χ2n) is 3.06. The number of β-amino-alcohol motifs (C(OH)–C–C–N with tert-alkyl or cyclic N) is 1. The fourth-order valence-electron chi connectivity index (χ4n) is 1.36. The molecule has 1 saturated heterocycles. The SMILES string of the molecule is C[C@H](F)[C@H]1CNC[C@@H](O)[C@@H]1O. The van der Waals surface area contributed by atoms with E-state index >= 15 is 0 Å². The van der Waals surface area contributed by atoms with E-state index in [9.17, 15) is 9.50 Å². The summed E-state index contributed by atoms with van der Waals surface area (Å²) >= 11 is 0. The van der Waals surface area contributed by atoms with Crippen molar-refractivity contribution in [3.05, 3.63) is 0 Å². The van der Waals surface area contributed by atoms with Crippen molar-refractivity contribution in [3.8, 4) is 0 Å². The molecule has 66 valence electrons. The Kier molecular flexibility index (Phi) is 2.81. The summed E-state index contributed by atoms with van der Waals surface area (Å²) in [6.45, 7) is 2.19. The summed E-state index contributed by atoms with van der Waals surface area (Å²) in [4.78, 5) is 0. The van der Waals surface area contributed by atoms with Gasteiger partial charge in [-0.3, -0.25) is 0 Å². The Morgan fingerprint density at radius 3 is 2.55 bits per heavy atom. The first-order valence-corrected chi connectivity index (χ1v) is 3.84. The van der Waals surface area contributed by atoms with E-state index in [2.05, 4.69) is 5.32 Å². The van der Waals surface area contributed by atoms with E-state index in [1.165, 1.54) is 6.92 Å². The van der Waals surface area contributed by atoms with Crippen molar-refractivity contribution in [2.24, 2.45) is 5.92 Å². The number of aliphatic hydroxyl groups excluding tert-OH is 2. The molecular weight excluding hydrogens is 149 g/mol. The molecule has 1 aliphatic rings. The van der Waals surface area contributed by atoms with Gasteiger partial charge in [-0.2, -0.15) is 0 Å². The van der Waals surface area contributed by atoms with Crippen LogP contribution >= 0.6 is 0 Å². The first kappa shape index (κ1) is 8.90. The van der Waals surface area contributed by atoms with E-state index in [-0.39, 0.29) is 0 Å². The second-order valence-corrected chi connectivity index (χ2v) is 3.06. The van der Waals surface area contributed by atoms with Gasteiger partial charge in [0.05, 0.1) is 12.2 Å². The summed E-state index contributed by atoms with van der Waals surface area (Å²) in [5.74, 6) is -0.473. The highest BCUT2D eigenvalue weighted by atomic mass is 19.1. The van der Waals surface area contributed by atoms with E-state index in [1.807, 2.05) is 0 Å². The highest BCUT2D eigenvalue weighted by Crippen LogP contribution is 2.17. The van der Waals surface area contributed by atoms with Crippen LogP contribution in [0.5, 0.6) is 0 Å². The molecule has 0 radical (unpaired) electrons. The maximum absolute atomic E-state index is 12.7. The van der Waals surface area contributed by atoms with Gasteiger partial charge >= 0.3 is 0 Å². The van der Waals surface area contributed by atoms with Gasteiger partial charge in [0.2, 0.25) is 0 Å². The Morgan fingerprint density at radius 2 is 2.09 bits per heavy atom. The van der Waals surface area contributed by atoms with Gasteiger partial charge in [0.1, 0.15) is 6.17 Å². The first-order chi connectivity index (χ1) is 5.13. The van der Waals surface area contributed by atoms with Crippen LogP contribution in [0.4, 0.5) is 4.39 Å². The lowest BCUT2D eigenvalue weighted by Crippen LogP contribution is -2.52.